The van der Waals surface area contributed by atoms with Crippen LogP contribution in [0.15, 0.2) is 56.2 Å². The van der Waals surface area contributed by atoms with Gasteiger partial charge in [-0.2, -0.15) is 16.8 Å². The first-order chi connectivity index (χ1) is 14.9. The van der Waals surface area contributed by atoms with Gasteiger partial charge in [-0.1, -0.05) is 23.6 Å². The molecule has 0 unspecified atom stereocenters. The molecule has 0 aliphatic carbocycles. The average molecular weight is 485 g/mol. The van der Waals surface area contributed by atoms with E-state index in [0.29, 0.717) is 0 Å². The summed E-state index contributed by atoms with van der Waals surface area (Å²) in [6.45, 7) is 0.253. The number of rotatable bonds is 10. The first-order valence-corrected chi connectivity index (χ1v) is 12.0. The summed E-state index contributed by atoms with van der Waals surface area (Å²) in [5, 5.41) is 33.4. The molecule has 0 amide bonds. The molecule has 0 fully saturated rings. The van der Waals surface area contributed by atoms with Crippen LogP contribution in [-0.2, 0) is 20.2 Å². The summed E-state index contributed by atoms with van der Waals surface area (Å²) in [6.07, 6.45) is 1.92. The fraction of sp³-hybridized carbons (Fsp3) is 0.263. The van der Waals surface area contributed by atoms with E-state index < -0.39 is 47.6 Å². The van der Waals surface area contributed by atoms with Gasteiger partial charge in [0.05, 0.1) is 15.9 Å². The Labute approximate surface area is 184 Å². The fourth-order valence-electron chi connectivity index (χ4n) is 2.49. The van der Waals surface area contributed by atoms with Crippen LogP contribution >= 0.6 is 0 Å². The summed E-state index contributed by atoms with van der Waals surface area (Å²) < 4.78 is 62.5. The van der Waals surface area contributed by atoms with Gasteiger partial charge in [0.15, 0.2) is 0 Å². The zero-order valence-corrected chi connectivity index (χ0v) is 18.2. The van der Waals surface area contributed by atoms with Crippen molar-refractivity contribution >= 4 is 32.7 Å². The fourth-order valence-corrected chi connectivity index (χ4v) is 3.52. The van der Waals surface area contributed by atoms with Crippen LogP contribution in [0.2, 0.25) is 0 Å². The summed E-state index contributed by atoms with van der Waals surface area (Å²) >= 11 is 0. The predicted molar refractivity (Wildman–Crippen MR) is 112 cm³/mol. The Bertz CT molecular complexity index is 1130. The lowest BCUT2D eigenvalue weighted by molar-refractivity contribution is -0.269. The van der Waals surface area contributed by atoms with Crippen LogP contribution in [0, 0.1) is 0 Å². The number of hydrogen-bond donors (Lipinski definition) is 3. The first-order valence-electron chi connectivity index (χ1n) is 9.13. The number of aliphatic hydroxyl groups excluding tert-OH is 1. The van der Waals surface area contributed by atoms with Crippen molar-refractivity contribution in [2.24, 2.45) is 9.98 Å². The van der Waals surface area contributed by atoms with Crippen molar-refractivity contribution < 1.29 is 41.3 Å². The standard InChI is InChI=1S/C19H22N2O9S2/c22-15(5-7-20-11-13-9-16(31(25,26)27)1-3-18(13)23)6-8-21-12-14-10-17(32(28,29)30)2-4-19(14)24/h1-4,9-12,15,22-24H,5-8H2,(H,25,26,27)(H,28,29,30)/p-2. The van der Waals surface area contributed by atoms with Crippen LogP contribution in [0.25, 0.3) is 0 Å². The van der Waals surface area contributed by atoms with Gasteiger partial charge in [0.25, 0.3) is 20.2 Å². The quantitative estimate of drug-likeness (QED) is 0.307. The van der Waals surface area contributed by atoms with E-state index >= 15 is 0 Å². The minimum atomic E-state index is -4.45. The largest absolute Gasteiger partial charge is 0.872 e. The van der Waals surface area contributed by atoms with Crippen LogP contribution in [0.5, 0.6) is 11.5 Å². The van der Waals surface area contributed by atoms with Crippen molar-refractivity contribution in [1.29, 1.82) is 0 Å². The lowest BCUT2D eigenvalue weighted by Gasteiger charge is -2.11. The molecular formula is C19H20N2O9S2-2. The lowest BCUT2D eigenvalue weighted by atomic mass is 10.2. The van der Waals surface area contributed by atoms with Gasteiger partial charge < -0.3 is 15.3 Å². The summed E-state index contributed by atoms with van der Waals surface area (Å²) in [7, 11) is -8.89. The topological polar surface area (TPSA) is 200 Å². The average Bonchev–Trinajstić information content (AvgIpc) is 2.69. The van der Waals surface area contributed by atoms with E-state index in [2.05, 4.69) is 9.98 Å². The second-order valence-corrected chi connectivity index (χ2v) is 9.49. The van der Waals surface area contributed by atoms with Crippen LogP contribution in [-0.4, -0.2) is 62.7 Å². The number of aliphatic imine (C=N–C) groups is 2. The summed E-state index contributed by atoms with van der Waals surface area (Å²) in [5.41, 5.74) is -0.0560. The molecule has 174 valence electrons. The summed E-state index contributed by atoms with van der Waals surface area (Å²) in [4.78, 5) is 7.07. The molecular weight excluding hydrogens is 464 g/mol. The molecule has 0 saturated heterocycles. The zero-order chi connectivity index (χ0) is 23.9. The second kappa shape index (κ2) is 10.7. The molecule has 0 radical (unpaired) electrons. The Morgan fingerprint density at radius 2 is 1.16 bits per heavy atom. The van der Waals surface area contributed by atoms with Crippen LogP contribution in [0.1, 0.15) is 24.0 Å². The minimum Gasteiger partial charge on any atom is -0.872 e. The molecule has 0 aromatic heterocycles. The molecule has 0 aliphatic rings. The van der Waals surface area contributed by atoms with E-state index in [1.54, 1.807) is 0 Å². The predicted octanol–water partition coefficient (Wildman–Crippen LogP) is 0.00630. The molecule has 11 nitrogen and oxygen atoms in total. The summed E-state index contributed by atoms with van der Waals surface area (Å²) in [6, 6.07) is 5.94. The Kier molecular flexibility index (Phi) is 8.46. The van der Waals surface area contributed by atoms with E-state index in [0.717, 1.165) is 48.8 Å². The third-order valence-corrected chi connectivity index (χ3v) is 5.90. The molecule has 0 spiro atoms. The number of aliphatic hydroxyl groups is 1. The maximum atomic E-state index is 11.7. The number of nitrogens with zero attached hydrogens (tertiary/aromatic N) is 2. The number of hydrogen-bond acceptors (Lipinski definition) is 9. The SMILES string of the molecule is O=S(=O)(O)c1ccc([O-])c(C=NCCC(O)CCN=Cc2cc(S(=O)(=O)O)ccc2[O-])c1. The highest BCUT2D eigenvalue weighted by molar-refractivity contribution is 7.86. The molecule has 0 atom stereocenters. The van der Waals surface area contributed by atoms with Crippen molar-refractivity contribution in [1.82, 2.24) is 0 Å². The van der Waals surface area contributed by atoms with Crippen molar-refractivity contribution in [2.75, 3.05) is 13.1 Å². The van der Waals surface area contributed by atoms with E-state index in [1.165, 1.54) is 0 Å². The molecule has 32 heavy (non-hydrogen) atoms. The van der Waals surface area contributed by atoms with E-state index in [1.807, 2.05) is 0 Å². The Morgan fingerprint density at radius 1 is 0.781 bits per heavy atom. The van der Waals surface area contributed by atoms with Crippen LogP contribution in [0.3, 0.4) is 0 Å². The monoisotopic (exact) mass is 484 g/mol. The van der Waals surface area contributed by atoms with Gasteiger partial charge in [0.2, 0.25) is 0 Å². The molecule has 0 saturated carbocycles. The highest BCUT2D eigenvalue weighted by Crippen LogP contribution is 2.18. The molecule has 2 aromatic rings. The van der Waals surface area contributed by atoms with E-state index in [4.69, 9.17) is 9.11 Å². The third-order valence-electron chi connectivity index (χ3n) is 4.20. The van der Waals surface area contributed by atoms with Crippen molar-refractivity contribution in [3.8, 4) is 11.5 Å². The maximum absolute atomic E-state index is 11.7. The Morgan fingerprint density at radius 3 is 1.50 bits per heavy atom. The highest BCUT2D eigenvalue weighted by atomic mass is 32.2. The van der Waals surface area contributed by atoms with Gasteiger partial charge in [-0.3, -0.25) is 19.1 Å². The van der Waals surface area contributed by atoms with Crippen molar-refractivity contribution in [3.05, 3.63) is 47.5 Å². The first kappa shape index (κ1) is 25.4. The smallest absolute Gasteiger partial charge is 0.294 e. The van der Waals surface area contributed by atoms with Gasteiger partial charge in [-0.05, 0) is 48.2 Å². The molecule has 0 heterocycles. The second-order valence-electron chi connectivity index (χ2n) is 6.65. The van der Waals surface area contributed by atoms with Gasteiger partial charge in [0.1, 0.15) is 0 Å². The molecule has 0 aliphatic heterocycles. The molecule has 13 heteroatoms. The zero-order valence-electron chi connectivity index (χ0n) is 16.5. The Balaban J connectivity index is 1.86. The van der Waals surface area contributed by atoms with Crippen molar-refractivity contribution in [2.45, 2.75) is 28.7 Å². The van der Waals surface area contributed by atoms with E-state index in [9.17, 15) is 32.2 Å². The molecule has 2 rings (SSSR count). The summed E-state index contributed by atoms with van der Waals surface area (Å²) in [5.74, 6) is -0.960. The lowest BCUT2D eigenvalue weighted by Crippen LogP contribution is -2.10. The third kappa shape index (κ3) is 7.69. The van der Waals surface area contributed by atoms with Gasteiger partial charge >= 0.3 is 0 Å². The number of benzene rings is 2. The van der Waals surface area contributed by atoms with Crippen molar-refractivity contribution in [3.63, 3.8) is 0 Å². The normalized spacial score (nSPS) is 13.7. The molecule has 2 aromatic carbocycles. The van der Waals surface area contributed by atoms with Crippen LogP contribution in [0.4, 0.5) is 0 Å². The maximum Gasteiger partial charge on any atom is 0.294 e. The van der Waals surface area contributed by atoms with Gasteiger partial charge in [-0.15, -0.1) is 0 Å². The van der Waals surface area contributed by atoms with Gasteiger partial charge in [-0.25, -0.2) is 0 Å². The van der Waals surface area contributed by atoms with E-state index in [-0.39, 0.29) is 37.1 Å². The Hall–Kier alpha value is -2.84. The molecule has 3 N–H and O–H groups in total. The van der Waals surface area contributed by atoms with Crippen LogP contribution < -0.4 is 10.2 Å². The molecule has 0 bridgehead atoms. The minimum absolute atomic E-state index is 0.0280. The van der Waals surface area contributed by atoms with Gasteiger partial charge in [0, 0.05) is 25.5 Å². The highest BCUT2D eigenvalue weighted by Gasteiger charge is 2.10.